The molecule has 7 heteroatoms. The second-order valence-corrected chi connectivity index (χ2v) is 5.04. The molecule has 1 fully saturated rings. The van der Waals surface area contributed by atoms with Gasteiger partial charge < -0.3 is 14.4 Å². The SMILES string of the molecule is COC(=O)c1cc(F)c(Br)cc1N1CCOC[C@H]1C#N. The van der Waals surface area contributed by atoms with Crippen molar-refractivity contribution in [2.45, 2.75) is 6.04 Å². The first-order chi connectivity index (χ1) is 9.58. The van der Waals surface area contributed by atoms with Crippen molar-refractivity contribution in [3.05, 3.63) is 28.0 Å². The maximum atomic E-state index is 13.6. The van der Waals surface area contributed by atoms with Crippen LogP contribution < -0.4 is 4.90 Å². The zero-order valence-electron chi connectivity index (χ0n) is 10.7. The van der Waals surface area contributed by atoms with Crippen molar-refractivity contribution in [1.82, 2.24) is 0 Å². The van der Waals surface area contributed by atoms with Gasteiger partial charge in [-0.15, -0.1) is 0 Å². The first-order valence-electron chi connectivity index (χ1n) is 5.90. The molecule has 2 rings (SSSR count). The van der Waals surface area contributed by atoms with Crippen LogP contribution in [-0.4, -0.2) is 38.9 Å². The van der Waals surface area contributed by atoms with Crippen molar-refractivity contribution in [3.8, 4) is 6.07 Å². The minimum Gasteiger partial charge on any atom is -0.465 e. The summed E-state index contributed by atoms with van der Waals surface area (Å²) in [6.45, 7) is 1.13. The Morgan fingerprint density at radius 3 is 3.05 bits per heavy atom. The van der Waals surface area contributed by atoms with Crippen molar-refractivity contribution in [1.29, 1.82) is 5.26 Å². The van der Waals surface area contributed by atoms with Gasteiger partial charge in [-0.05, 0) is 28.1 Å². The van der Waals surface area contributed by atoms with E-state index < -0.39 is 17.8 Å². The van der Waals surface area contributed by atoms with Crippen molar-refractivity contribution >= 4 is 27.6 Å². The summed E-state index contributed by atoms with van der Waals surface area (Å²) in [6, 6.07) is 4.18. The normalized spacial score (nSPS) is 18.5. The molecule has 20 heavy (non-hydrogen) atoms. The summed E-state index contributed by atoms with van der Waals surface area (Å²) in [4.78, 5) is 13.5. The zero-order valence-corrected chi connectivity index (χ0v) is 12.3. The number of anilines is 1. The molecule has 0 bridgehead atoms. The summed E-state index contributed by atoms with van der Waals surface area (Å²) in [5.41, 5.74) is 0.551. The van der Waals surface area contributed by atoms with Crippen LogP contribution in [0.3, 0.4) is 0 Å². The van der Waals surface area contributed by atoms with Crippen molar-refractivity contribution < 1.29 is 18.7 Å². The molecule has 106 valence electrons. The molecular formula is C13H12BrFN2O3. The number of carbonyl (C=O) groups is 1. The lowest BCUT2D eigenvalue weighted by atomic mass is 10.1. The summed E-state index contributed by atoms with van der Waals surface area (Å²) in [5, 5.41) is 9.16. The lowest BCUT2D eigenvalue weighted by Crippen LogP contribution is -2.45. The van der Waals surface area contributed by atoms with Crippen LogP contribution in [0.1, 0.15) is 10.4 Å². The summed E-state index contributed by atoms with van der Waals surface area (Å²) in [7, 11) is 1.23. The van der Waals surface area contributed by atoms with E-state index in [9.17, 15) is 9.18 Å². The lowest BCUT2D eigenvalue weighted by Gasteiger charge is -2.34. The molecule has 1 aliphatic rings. The van der Waals surface area contributed by atoms with Gasteiger partial charge in [0, 0.05) is 6.54 Å². The summed E-state index contributed by atoms with van der Waals surface area (Å²) in [5.74, 6) is -1.20. The minimum atomic E-state index is -0.644. The van der Waals surface area contributed by atoms with E-state index in [1.165, 1.54) is 13.2 Å². The van der Waals surface area contributed by atoms with Crippen LogP contribution in [0.25, 0.3) is 0 Å². The van der Waals surface area contributed by atoms with E-state index in [1.807, 2.05) is 0 Å². The van der Waals surface area contributed by atoms with Crippen molar-refractivity contribution in [3.63, 3.8) is 0 Å². The van der Waals surface area contributed by atoms with Gasteiger partial charge in [0.25, 0.3) is 0 Å². The van der Waals surface area contributed by atoms with Gasteiger partial charge in [0.2, 0.25) is 0 Å². The van der Waals surface area contributed by atoms with Gasteiger partial charge in [0.1, 0.15) is 11.9 Å². The highest BCUT2D eigenvalue weighted by atomic mass is 79.9. The molecule has 0 spiro atoms. The third-order valence-corrected chi connectivity index (χ3v) is 3.64. The van der Waals surface area contributed by atoms with E-state index >= 15 is 0 Å². The third-order valence-electron chi connectivity index (χ3n) is 3.03. The number of carbonyl (C=O) groups excluding carboxylic acids is 1. The standard InChI is InChI=1S/C13H12BrFN2O3/c1-19-13(18)9-4-11(15)10(14)5-12(9)17-2-3-20-7-8(17)6-16/h4-5,8H,2-3,7H2,1H3/t8-/m1/s1. The van der Waals surface area contributed by atoms with E-state index in [0.29, 0.717) is 18.8 Å². The van der Waals surface area contributed by atoms with Gasteiger partial charge in [-0.25, -0.2) is 9.18 Å². The number of halogens is 2. The molecule has 0 aliphatic carbocycles. The van der Waals surface area contributed by atoms with Crippen LogP contribution in [0, 0.1) is 17.1 Å². The average molecular weight is 343 g/mol. The van der Waals surface area contributed by atoms with Gasteiger partial charge >= 0.3 is 5.97 Å². The molecule has 1 saturated heterocycles. The number of esters is 1. The van der Waals surface area contributed by atoms with E-state index in [1.54, 1.807) is 4.90 Å². The molecule has 5 nitrogen and oxygen atoms in total. The van der Waals surface area contributed by atoms with Crippen LogP contribution in [0.2, 0.25) is 0 Å². The van der Waals surface area contributed by atoms with Gasteiger partial charge in [-0.3, -0.25) is 0 Å². The molecule has 0 unspecified atom stereocenters. The molecule has 0 saturated carbocycles. The van der Waals surface area contributed by atoms with Crippen LogP contribution in [0.4, 0.5) is 10.1 Å². The maximum Gasteiger partial charge on any atom is 0.340 e. The number of nitriles is 1. The molecule has 1 atom stereocenters. The Morgan fingerprint density at radius 2 is 2.40 bits per heavy atom. The molecule has 0 aromatic heterocycles. The highest BCUT2D eigenvalue weighted by Gasteiger charge is 2.28. The fourth-order valence-corrected chi connectivity index (χ4v) is 2.38. The third kappa shape index (κ3) is 2.76. The highest BCUT2D eigenvalue weighted by Crippen LogP contribution is 2.30. The fraction of sp³-hybridized carbons (Fsp3) is 0.385. The highest BCUT2D eigenvalue weighted by molar-refractivity contribution is 9.10. The number of morpholine rings is 1. The molecule has 0 N–H and O–H groups in total. The van der Waals surface area contributed by atoms with Gasteiger partial charge in [0.15, 0.2) is 0 Å². The Morgan fingerprint density at radius 1 is 1.65 bits per heavy atom. The smallest absolute Gasteiger partial charge is 0.340 e. The number of benzene rings is 1. The molecule has 0 radical (unpaired) electrons. The van der Waals surface area contributed by atoms with Crippen LogP contribution >= 0.6 is 15.9 Å². The Bertz CT molecular complexity index is 573. The number of hydrogen-bond acceptors (Lipinski definition) is 5. The second-order valence-electron chi connectivity index (χ2n) is 4.19. The zero-order chi connectivity index (χ0) is 14.7. The quantitative estimate of drug-likeness (QED) is 0.770. The number of nitrogens with zero attached hydrogens (tertiary/aromatic N) is 2. The Hall–Kier alpha value is -1.65. The van der Waals surface area contributed by atoms with Crippen LogP contribution in [0.5, 0.6) is 0 Å². The predicted octanol–water partition coefficient (Wildman–Crippen LogP) is 2.10. The number of ether oxygens (including phenoxy) is 2. The van der Waals surface area contributed by atoms with Crippen LogP contribution in [-0.2, 0) is 9.47 Å². The Kier molecular flexibility index (Phi) is 4.57. The largest absolute Gasteiger partial charge is 0.465 e. The Labute approximate surface area is 124 Å². The van der Waals surface area contributed by atoms with E-state index in [2.05, 4.69) is 26.7 Å². The van der Waals surface area contributed by atoms with Crippen LogP contribution in [0.15, 0.2) is 16.6 Å². The fourth-order valence-electron chi connectivity index (χ4n) is 2.05. The minimum absolute atomic E-state index is 0.0929. The van der Waals surface area contributed by atoms with Gasteiger partial charge in [-0.2, -0.15) is 5.26 Å². The molecule has 1 aliphatic heterocycles. The molecule has 1 heterocycles. The summed E-state index contributed by atoms with van der Waals surface area (Å²) in [6.07, 6.45) is 0. The molecule has 0 amide bonds. The second kappa shape index (κ2) is 6.20. The van der Waals surface area contributed by atoms with Crippen molar-refractivity contribution in [2.75, 3.05) is 31.8 Å². The first-order valence-corrected chi connectivity index (χ1v) is 6.69. The summed E-state index contributed by atoms with van der Waals surface area (Å²) < 4.78 is 23.8. The van der Waals surface area contributed by atoms with Gasteiger partial charge in [0.05, 0.1) is 42.1 Å². The molecule has 1 aromatic carbocycles. The average Bonchev–Trinajstić information content (AvgIpc) is 2.48. The molecule has 1 aromatic rings. The van der Waals surface area contributed by atoms with E-state index in [-0.39, 0.29) is 16.6 Å². The number of rotatable bonds is 2. The van der Waals surface area contributed by atoms with E-state index in [0.717, 1.165) is 6.07 Å². The molecular weight excluding hydrogens is 331 g/mol. The van der Waals surface area contributed by atoms with Gasteiger partial charge in [-0.1, -0.05) is 0 Å². The topological polar surface area (TPSA) is 62.6 Å². The summed E-state index contributed by atoms with van der Waals surface area (Å²) >= 11 is 3.09. The monoisotopic (exact) mass is 342 g/mol. The predicted molar refractivity (Wildman–Crippen MR) is 73.0 cm³/mol. The lowest BCUT2D eigenvalue weighted by molar-refractivity contribution is 0.0599. The first kappa shape index (κ1) is 14.8. The van der Waals surface area contributed by atoms with E-state index in [4.69, 9.17) is 10.00 Å². The maximum absolute atomic E-state index is 13.6. The Balaban J connectivity index is 2.51. The van der Waals surface area contributed by atoms with Crippen molar-refractivity contribution in [2.24, 2.45) is 0 Å². The number of hydrogen-bond donors (Lipinski definition) is 0. The number of methoxy groups -OCH3 is 1.